The molecule has 0 rings (SSSR count). The van der Waals surface area contributed by atoms with Crippen molar-refractivity contribution in [3.8, 4) is 0 Å². The first kappa shape index (κ1) is 32.6. The monoisotopic (exact) mass is 433 g/mol. The molecule has 0 aromatic carbocycles. The molecule has 4 heteroatoms. The van der Waals surface area contributed by atoms with Crippen LogP contribution in [0.2, 0.25) is 0 Å². The van der Waals surface area contributed by atoms with Gasteiger partial charge in [-0.1, -0.05) is 118 Å². The Morgan fingerprint density at radius 2 is 1.03 bits per heavy atom. The molecule has 0 aliphatic heterocycles. The van der Waals surface area contributed by atoms with Gasteiger partial charge >= 0.3 is 29.6 Å². The molecular formula is C26H52NNaO2. The third kappa shape index (κ3) is 23.1. The number of rotatable bonds is 22. The fourth-order valence-electron chi connectivity index (χ4n) is 4.09. The van der Waals surface area contributed by atoms with Gasteiger partial charge in [-0.05, 0) is 37.8 Å². The summed E-state index contributed by atoms with van der Waals surface area (Å²) < 4.78 is 0. The van der Waals surface area contributed by atoms with E-state index in [2.05, 4.69) is 32.6 Å². The summed E-state index contributed by atoms with van der Waals surface area (Å²) >= 11 is 0. The fourth-order valence-corrected chi connectivity index (χ4v) is 4.09. The second kappa shape index (κ2) is 24.1. The summed E-state index contributed by atoms with van der Waals surface area (Å²) in [6, 6.07) is 0. The molecule has 3 nitrogen and oxygen atoms in total. The van der Waals surface area contributed by atoms with Gasteiger partial charge in [-0.2, -0.15) is 0 Å². The number of carbonyl (C=O) groups is 1. The molecule has 0 aromatic heterocycles. The van der Waals surface area contributed by atoms with Gasteiger partial charge in [0.15, 0.2) is 0 Å². The van der Waals surface area contributed by atoms with Gasteiger partial charge in [0.05, 0.1) is 5.97 Å². The van der Waals surface area contributed by atoms with Crippen LogP contribution in [0.1, 0.15) is 130 Å². The summed E-state index contributed by atoms with van der Waals surface area (Å²) in [5.74, 6) is 0.439. The predicted octanol–water partition coefficient (Wildman–Crippen LogP) is 3.60. The normalized spacial score (nSPS) is 13.2. The molecule has 0 amide bonds. The standard InChI is InChI=1S/C26H53NO2.Na/c1-5-7-9-11-13-15-17-24(3)19-21-27(23-26(28)29)22-20-25(4)18-16-14-12-10-8-6-2;/h24-25H,5-23H2,1-4H3,(H,28,29);/q;+1/p-1. The van der Waals surface area contributed by atoms with Crippen LogP contribution in [0, 0.1) is 11.8 Å². The van der Waals surface area contributed by atoms with Crippen LogP contribution >= 0.6 is 0 Å². The van der Waals surface area contributed by atoms with Crippen LogP contribution in [0.4, 0.5) is 0 Å². The molecule has 30 heavy (non-hydrogen) atoms. The van der Waals surface area contributed by atoms with E-state index in [0.717, 1.165) is 25.9 Å². The maximum absolute atomic E-state index is 11.1. The Balaban J connectivity index is 0. The van der Waals surface area contributed by atoms with Crippen LogP contribution in [-0.2, 0) is 4.79 Å². The summed E-state index contributed by atoms with van der Waals surface area (Å²) in [5, 5.41) is 11.1. The Bertz CT molecular complexity index is 339. The molecule has 0 N–H and O–H groups in total. The molecule has 174 valence electrons. The van der Waals surface area contributed by atoms with Crippen LogP contribution in [-0.4, -0.2) is 30.5 Å². The van der Waals surface area contributed by atoms with Gasteiger partial charge in [-0.25, -0.2) is 0 Å². The van der Waals surface area contributed by atoms with Crippen molar-refractivity contribution in [1.82, 2.24) is 4.90 Å². The zero-order chi connectivity index (χ0) is 21.7. The van der Waals surface area contributed by atoms with Crippen molar-refractivity contribution >= 4 is 5.97 Å². The van der Waals surface area contributed by atoms with E-state index in [0.29, 0.717) is 11.8 Å². The summed E-state index contributed by atoms with van der Waals surface area (Å²) in [5.41, 5.74) is 0. The Morgan fingerprint density at radius 1 is 0.667 bits per heavy atom. The van der Waals surface area contributed by atoms with Crippen molar-refractivity contribution in [2.45, 2.75) is 130 Å². The zero-order valence-corrected chi connectivity index (χ0v) is 23.4. The Morgan fingerprint density at radius 3 is 1.40 bits per heavy atom. The maximum atomic E-state index is 11.1. The number of aliphatic carboxylic acids is 1. The van der Waals surface area contributed by atoms with Crippen LogP contribution in [0.3, 0.4) is 0 Å². The molecule has 2 unspecified atom stereocenters. The van der Waals surface area contributed by atoms with E-state index in [4.69, 9.17) is 0 Å². The molecule has 0 radical (unpaired) electrons. The van der Waals surface area contributed by atoms with E-state index < -0.39 is 5.97 Å². The van der Waals surface area contributed by atoms with E-state index in [1.807, 2.05) is 0 Å². The van der Waals surface area contributed by atoms with Gasteiger partial charge in [0, 0.05) is 6.54 Å². The molecule has 2 atom stereocenters. The first-order valence-electron chi connectivity index (χ1n) is 12.9. The number of hydrogen-bond acceptors (Lipinski definition) is 3. The average Bonchev–Trinajstić information content (AvgIpc) is 2.69. The van der Waals surface area contributed by atoms with Crippen LogP contribution in [0.5, 0.6) is 0 Å². The Kier molecular flexibility index (Phi) is 26.2. The number of unbranched alkanes of at least 4 members (excludes halogenated alkanes) is 10. The van der Waals surface area contributed by atoms with E-state index in [-0.39, 0.29) is 36.1 Å². The van der Waals surface area contributed by atoms with E-state index in [1.165, 1.54) is 89.9 Å². The molecule has 0 fully saturated rings. The maximum Gasteiger partial charge on any atom is 1.00 e. The number of carboxylic acids is 1. The van der Waals surface area contributed by atoms with Gasteiger partial charge in [0.25, 0.3) is 0 Å². The van der Waals surface area contributed by atoms with Gasteiger partial charge < -0.3 is 9.90 Å². The molecular weight excluding hydrogens is 381 g/mol. The van der Waals surface area contributed by atoms with Gasteiger partial charge in [0.1, 0.15) is 0 Å². The summed E-state index contributed by atoms with van der Waals surface area (Å²) in [4.78, 5) is 13.3. The van der Waals surface area contributed by atoms with Gasteiger partial charge in [0.2, 0.25) is 0 Å². The molecule has 0 aliphatic carbocycles. The third-order valence-electron chi connectivity index (χ3n) is 6.33. The number of hydrogen-bond donors (Lipinski definition) is 0. The van der Waals surface area contributed by atoms with Crippen LogP contribution < -0.4 is 34.7 Å². The minimum Gasteiger partial charge on any atom is -0.549 e. The second-order valence-corrected chi connectivity index (χ2v) is 9.55. The molecule has 0 aliphatic rings. The zero-order valence-electron chi connectivity index (χ0n) is 21.4. The first-order chi connectivity index (χ1) is 14.0. The number of nitrogens with zero attached hydrogens (tertiary/aromatic N) is 1. The Labute approximate surface area is 211 Å². The van der Waals surface area contributed by atoms with Crippen LogP contribution in [0.25, 0.3) is 0 Å². The SMILES string of the molecule is CCCCCCCCC(C)CCN(CCC(C)CCCCCCCC)CC(=O)[O-].[Na+]. The Hall–Kier alpha value is 0.430. The van der Waals surface area contributed by atoms with Gasteiger partial charge in [-0.15, -0.1) is 0 Å². The molecule has 0 bridgehead atoms. The minimum atomic E-state index is -0.933. The predicted molar refractivity (Wildman–Crippen MR) is 125 cm³/mol. The smallest absolute Gasteiger partial charge is 0.549 e. The summed E-state index contributed by atoms with van der Waals surface area (Å²) in [6.45, 7) is 11.1. The van der Waals surface area contributed by atoms with Gasteiger partial charge in [-0.3, -0.25) is 4.90 Å². The number of carbonyl (C=O) groups excluding carboxylic acids is 1. The van der Waals surface area contributed by atoms with Crippen molar-refractivity contribution in [2.24, 2.45) is 11.8 Å². The van der Waals surface area contributed by atoms with Crippen molar-refractivity contribution in [2.75, 3.05) is 19.6 Å². The molecule has 0 spiro atoms. The van der Waals surface area contributed by atoms with E-state index >= 15 is 0 Å². The topological polar surface area (TPSA) is 43.4 Å². The third-order valence-corrected chi connectivity index (χ3v) is 6.33. The quantitative estimate of drug-likeness (QED) is 0.194. The fraction of sp³-hybridized carbons (Fsp3) is 0.962. The summed E-state index contributed by atoms with van der Waals surface area (Å²) in [6.07, 6.45) is 20.9. The summed E-state index contributed by atoms with van der Waals surface area (Å²) in [7, 11) is 0. The van der Waals surface area contributed by atoms with Crippen molar-refractivity contribution in [3.63, 3.8) is 0 Å². The number of carboxylic acid groups (broad SMARTS) is 1. The van der Waals surface area contributed by atoms with Crippen molar-refractivity contribution in [1.29, 1.82) is 0 Å². The van der Waals surface area contributed by atoms with E-state index in [9.17, 15) is 9.90 Å². The average molecular weight is 434 g/mol. The first-order valence-corrected chi connectivity index (χ1v) is 12.9. The molecule has 0 saturated carbocycles. The molecule has 0 saturated heterocycles. The van der Waals surface area contributed by atoms with Crippen molar-refractivity contribution in [3.05, 3.63) is 0 Å². The molecule has 0 aromatic rings. The minimum absolute atomic E-state index is 0. The largest absolute Gasteiger partial charge is 1.00 e. The van der Waals surface area contributed by atoms with E-state index in [1.54, 1.807) is 0 Å². The molecule has 0 heterocycles. The van der Waals surface area contributed by atoms with Crippen molar-refractivity contribution < 1.29 is 39.5 Å². The second-order valence-electron chi connectivity index (χ2n) is 9.55. The van der Waals surface area contributed by atoms with Crippen LogP contribution in [0.15, 0.2) is 0 Å².